The van der Waals surface area contributed by atoms with Crippen LogP contribution in [0.15, 0.2) is 35.4 Å². The molecule has 4 aliphatic carbocycles. The van der Waals surface area contributed by atoms with Crippen molar-refractivity contribution in [1.82, 2.24) is 0 Å². The van der Waals surface area contributed by atoms with Crippen LogP contribution < -0.4 is 0 Å². The monoisotopic (exact) mass is 568 g/mol. The number of aliphatic hydroxyl groups is 2. The van der Waals surface area contributed by atoms with Gasteiger partial charge in [0.15, 0.2) is 12.4 Å². The van der Waals surface area contributed by atoms with E-state index in [-0.39, 0.29) is 29.5 Å². The van der Waals surface area contributed by atoms with Gasteiger partial charge in [0, 0.05) is 41.3 Å². The summed E-state index contributed by atoms with van der Waals surface area (Å²) in [6, 6.07) is 8.26. The number of ether oxygens (including phenoxy) is 3. The van der Waals surface area contributed by atoms with E-state index >= 15 is 0 Å². The van der Waals surface area contributed by atoms with Crippen LogP contribution in [0.5, 0.6) is 0 Å². The average molecular weight is 569 g/mol. The molecule has 6 atom stereocenters. The van der Waals surface area contributed by atoms with E-state index in [2.05, 4.69) is 44.7 Å². The Morgan fingerprint density at radius 1 is 1.10 bits per heavy atom. The van der Waals surface area contributed by atoms with Crippen molar-refractivity contribution in [2.45, 2.75) is 95.5 Å². The lowest BCUT2D eigenvalue weighted by Gasteiger charge is -2.57. The molecule has 40 heavy (non-hydrogen) atoms. The maximum atomic E-state index is 12.3. The van der Waals surface area contributed by atoms with Gasteiger partial charge in [0.2, 0.25) is 0 Å². The van der Waals surface area contributed by atoms with Crippen molar-refractivity contribution < 1.29 is 29.2 Å². The maximum absolute atomic E-state index is 12.3. The molecule has 4 fully saturated rings. The molecule has 5 aliphatic rings. The van der Waals surface area contributed by atoms with Gasteiger partial charge in [-0.3, -0.25) is 0 Å². The van der Waals surface area contributed by atoms with Crippen molar-refractivity contribution in [3.05, 3.63) is 46.5 Å². The molecule has 6 rings (SSSR count). The van der Waals surface area contributed by atoms with Crippen molar-refractivity contribution in [1.29, 1.82) is 0 Å². The molecule has 3 saturated carbocycles. The Bertz CT molecular complexity index is 1250. The van der Waals surface area contributed by atoms with Gasteiger partial charge in [-0.05, 0) is 79.0 Å². The number of carbonyl (C=O) groups is 1. The minimum absolute atomic E-state index is 0.0163. The highest BCUT2D eigenvalue weighted by Crippen LogP contribution is 2.65. The van der Waals surface area contributed by atoms with E-state index in [1.165, 1.54) is 16.7 Å². The summed E-state index contributed by atoms with van der Waals surface area (Å²) in [5, 5.41) is 23.4. The second kappa shape index (κ2) is 10.1. The van der Waals surface area contributed by atoms with E-state index in [1.54, 1.807) is 0 Å². The van der Waals surface area contributed by atoms with Gasteiger partial charge < -0.3 is 24.4 Å². The Balaban J connectivity index is 1.34. The third-order valence-corrected chi connectivity index (χ3v) is 10.7. The van der Waals surface area contributed by atoms with E-state index in [1.807, 2.05) is 12.1 Å². The number of hydrogen-bond donors (Lipinski definition) is 2. The predicted molar refractivity (Wildman–Crippen MR) is 152 cm³/mol. The van der Waals surface area contributed by atoms with Gasteiger partial charge in [-0.15, -0.1) is 0 Å². The molecule has 7 heteroatoms. The fourth-order valence-corrected chi connectivity index (χ4v) is 8.61. The summed E-state index contributed by atoms with van der Waals surface area (Å²) in [5.41, 5.74) is 2.68. The first-order valence-electron chi connectivity index (χ1n) is 14.8. The van der Waals surface area contributed by atoms with Gasteiger partial charge >= 0.3 is 5.43 Å². The fraction of sp³-hybridized carbons (Fsp3) is 0.667. The number of carbonyl (C=O) groups excluding carboxylic acids is 1. The van der Waals surface area contributed by atoms with Crippen LogP contribution in [0, 0.1) is 34.5 Å². The fourth-order valence-electron chi connectivity index (χ4n) is 8.55. The van der Waals surface area contributed by atoms with Gasteiger partial charge in [0.1, 0.15) is 0 Å². The molecular formula is C33H41ClO6. The molecule has 1 aliphatic heterocycles. The van der Waals surface area contributed by atoms with Crippen molar-refractivity contribution in [3.63, 3.8) is 0 Å². The minimum atomic E-state index is -0.931. The Morgan fingerprint density at radius 2 is 1.82 bits per heavy atom. The normalized spacial score (nSPS) is 37.5. The Kier molecular flexibility index (Phi) is 7.16. The molecule has 6 nitrogen and oxygen atoms in total. The minimum Gasteiger partial charge on any atom is -0.440 e. The summed E-state index contributed by atoms with van der Waals surface area (Å²) in [6.45, 7) is 7.82. The van der Waals surface area contributed by atoms with Crippen LogP contribution in [0.25, 0.3) is 0 Å². The second-order valence-electron chi connectivity index (χ2n) is 13.9. The Morgan fingerprint density at radius 3 is 2.52 bits per heavy atom. The first-order valence-corrected chi connectivity index (χ1v) is 15.1. The van der Waals surface area contributed by atoms with Crippen molar-refractivity contribution >= 4 is 17.0 Å². The topological polar surface area (TPSA) is 85.2 Å². The van der Waals surface area contributed by atoms with Crippen LogP contribution in [-0.4, -0.2) is 53.0 Å². The number of allylic oxidation sites excluding steroid dienone is 1. The van der Waals surface area contributed by atoms with Gasteiger partial charge in [0.25, 0.3) is 0 Å². The largest absolute Gasteiger partial charge is 0.440 e. The highest BCUT2D eigenvalue weighted by molar-refractivity contribution is 6.61. The molecular weight excluding hydrogens is 528 g/mol. The van der Waals surface area contributed by atoms with Crippen LogP contribution in [0.4, 0.5) is 4.79 Å². The number of hydrogen-bond acceptors (Lipinski definition) is 6. The van der Waals surface area contributed by atoms with E-state index < -0.39 is 16.8 Å². The zero-order valence-corrected chi connectivity index (χ0v) is 24.6. The Labute approximate surface area is 242 Å². The lowest BCUT2D eigenvalue weighted by Crippen LogP contribution is -2.57. The van der Waals surface area contributed by atoms with Crippen LogP contribution in [0.2, 0.25) is 0 Å². The zero-order chi connectivity index (χ0) is 28.3. The van der Waals surface area contributed by atoms with E-state index in [9.17, 15) is 15.0 Å². The first-order chi connectivity index (χ1) is 18.9. The van der Waals surface area contributed by atoms with Crippen LogP contribution in [0.1, 0.15) is 89.2 Å². The standard InChI is InChI=1S/C33H41ClO6/c1-30(2)19-39-33(40-20-30)15-13-26-28-23(12-14-32(26,37)18-33)25-10-11-27(35)31(25,3)17-24(28)22-8-6-21(7-9-22)5-4-16-38-29(34)36/h6-9,23-25,27,35,37H,10-20H2,1-3H3/t23?,24-,25?,27?,31?,32?/m1/s1. The number of rotatable bonds is 2. The van der Waals surface area contributed by atoms with Gasteiger partial charge in [0.05, 0.1) is 24.9 Å². The molecule has 0 aromatic heterocycles. The maximum Gasteiger partial charge on any atom is 0.404 e. The molecule has 1 aromatic rings. The molecule has 1 heterocycles. The third-order valence-electron chi connectivity index (χ3n) is 10.6. The average Bonchev–Trinajstić information content (AvgIpc) is 3.21. The lowest BCUT2D eigenvalue weighted by atomic mass is 9.51. The molecule has 5 unspecified atom stereocenters. The molecule has 2 N–H and O–H groups in total. The number of fused-ring (bicyclic) bond motifs is 4. The molecule has 0 bridgehead atoms. The summed E-state index contributed by atoms with van der Waals surface area (Å²) < 4.78 is 17.4. The van der Waals surface area contributed by atoms with Crippen LogP contribution in [0.3, 0.4) is 0 Å². The molecule has 1 aromatic carbocycles. The molecule has 0 radical (unpaired) electrons. The summed E-state index contributed by atoms with van der Waals surface area (Å²) in [4.78, 5) is 10.8. The lowest BCUT2D eigenvalue weighted by molar-refractivity contribution is -0.322. The summed E-state index contributed by atoms with van der Waals surface area (Å²) in [5.74, 6) is 6.05. The summed E-state index contributed by atoms with van der Waals surface area (Å²) in [7, 11) is 0. The van der Waals surface area contributed by atoms with Crippen molar-refractivity contribution in [3.8, 4) is 11.8 Å². The number of benzene rings is 1. The van der Waals surface area contributed by atoms with E-state index in [0.29, 0.717) is 37.9 Å². The molecule has 1 saturated heterocycles. The quantitative estimate of drug-likeness (QED) is 0.256. The Hall–Kier alpha value is -1.88. The number of halogens is 1. The molecule has 216 valence electrons. The first kappa shape index (κ1) is 28.2. The van der Waals surface area contributed by atoms with E-state index in [4.69, 9.17) is 25.8 Å². The predicted octanol–water partition coefficient (Wildman–Crippen LogP) is 6.07. The highest BCUT2D eigenvalue weighted by atomic mass is 35.5. The second-order valence-corrected chi connectivity index (χ2v) is 14.2. The van der Waals surface area contributed by atoms with Crippen molar-refractivity contribution in [2.75, 3.05) is 19.8 Å². The van der Waals surface area contributed by atoms with Crippen LogP contribution >= 0.6 is 11.6 Å². The third kappa shape index (κ3) is 4.92. The zero-order valence-electron chi connectivity index (χ0n) is 23.8. The summed E-state index contributed by atoms with van der Waals surface area (Å²) >= 11 is 5.21. The van der Waals surface area contributed by atoms with Gasteiger partial charge in [-0.1, -0.05) is 50.3 Å². The van der Waals surface area contributed by atoms with Crippen molar-refractivity contribution in [2.24, 2.45) is 22.7 Å². The van der Waals surface area contributed by atoms with Crippen LogP contribution in [-0.2, 0) is 14.2 Å². The molecule has 0 amide bonds. The SMILES string of the molecule is CC1(C)COC2(CCC3=C4C(CCC3(O)C2)C2CCC(O)C2(C)C[C@@H]4c2ccc(C#CCOC(=O)Cl)cc2)OC1. The number of aliphatic hydroxyl groups excluding tert-OH is 1. The van der Waals surface area contributed by atoms with Gasteiger partial charge in [-0.25, -0.2) is 4.79 Å². The molecule has 1 spiro atoms. The van der Waals surface area contributed by atoms with E-state index in [0.717, 1.165) is 44.1 Å². The summed E-state index contributed by atoms with van der Waals surface area (Å²) in [6.07, 6.45) is 6.10. The highest BCUT2D eigenvalue weighted by Gasteiger charge is 2.60. The smallest absolute Gasteiger partial charge is 0.404 e. The van der Waals surface area contributed by atoms with Gasteiger partial charge in [-0.2, -0.15) is 0 Å².